The zero-order valence-electron chi connectivity index (χ0n) is 13.8. The average Bonchev–Trinajstić information content (AvgIpc) is 2.99. The van der Waals surface area contributed by atoms with Gasteiger partial charge >= 0.3 is 0 Å². The quantitative estimate of drug-likeness (QED) is 0.451. The SMILES string of the molecule is CCNC(=NCCN1CCOCC1)N1CCc2ccccc21.I. The molecule has 0 radical (unpaired) electrons. The minimum Gasteiger partial charge on any atom is -0.379 e. The van der Waals surface area contributed by atoms with Gasteiger partial charge in [0, 0.05) is 38.4 Å². The van der Waals surface area contributed by atoms with Gasteiger partial charge in [-0.15, -0.1) is 24.0 Å². The Kier molecular flexibility index (Phi) is 7.58. The highest BCUT2D eigenvalue weighted by atomic mass is 127. The number of rotatable bonds is 4. The van der Waals surface area contributed by atoms with Gasteiger partial charge in [-0.25, -0.2) is 0 Å². The number of halogens is 1. The van der Waals surface area contributed by atoms with Crippen LogP contribution in [0.4, 0.5) is 5.69 Å². The van der Waals surface area contributed by atoms with Gasteiger partial charge in [-0.2, -0.15) is 0 Å². The lowest BCUT2D eigenvalue weighted by molar-refractivity contribution is 0.0394. The van der Waals surface area contributed by atoms with Crippen molar-refractivity contribution in [1.82, 2.24) is 10.2 Å². The Bertz CT molecular complexity index is 517. The molecule has 0 bridgehead atoms. The zero-order valence-corrected chi connectivity index (χ0v) is 16.2. The number of hydrogen-bond acceptors (Lipinski definition) is 3. The second-order valence-electron chi connectivity index (χ2n) is 5.72. The summed E-state index contributed by atoms with van der Waals surface area (Å²) in [6.45, 7) is 9.63. The van der Waals surface area contributed by atoms with E-state index in [9.17, 15) is 0 Å². The zero-order chi connectivity index (χ0) is 15.2. The number of anilines is 1. The first-order valence-electron chi connectivity index (χ1n) is 8.32. The van der Waals surface area contributed by atoms with Crippen LogP contribution < -0.4 is 10.2 Å². The lowest BCUT2D eigenvalue weighted by Crippen LogP contribution is -2.42. The van der Waals surface area contributed by atoms with E-state index in [1.165, 1.54) is 11.3 Å². The highest BCUT2D eigenvalue weighted by Crippen LogP contribution is 2.27. The van der Waals surface area contributed by atoms with Crippen molar-refractivity contribution >= 4 is 35.6 Å². The van der Waals surface area contributed by atoms with E-state index in [4.69, 9.17) is 9.73 Å². The van der Waals surface area contributed by atoms with Gasteiger partial charge in [-0.3, -0.25) is 9.89 Å². The Morgan fingerprint density at radius 3 is 2.78 bits per heavy atom. The standard InChI is InChI=1S/C17H26N4O.HI/c1-2-18-17(19-8-10-20-11-13-22-14-12-20)21-9-7-15-5-3-4-6-16(15)21;/h3-6H,2,7-14H2,1H3,(H,18,19);1H. The van der Waals surface area contributed by atoms with Crippen molar-refractivity contribution in [2.24, 2.45) is 4.99 Å². The van der Waals surface area contributed by atoms with Crippen molar-refractivity contribution in [2.75, 3.05) is 57.4 Å². The minimum atomic E-state index is 0. The van der Waals surface area contributed by atoms with Crippen LogP contribution in [0.2, 0.25) is 0 Å². The molecular formula is C17H27IN4O. The van der Waals surface area contributed by atoms with E-state index in [0.717, 1.165) is 64.9 Å². The number of para-hydroxylation sites is 1. The Hall–Kier alpha value is -0.860. The summed E-state index contributed by atoms with van der Waals surface area (Å²) in [7, 11) is 0. The van der Waals surface area contributed by atoms with Crippen LogP contribution in [0.15, 0.2) is 29.3 Å². The fourth-order valence-corrected chi connectivity index (χ4v) is 3.08. The predicted molar refractivity (Wildman–Crippen MR) is 106 cm³/mol. The Morgan fingerprint density at radius 1 is 1.22 bits per heavy atom. The molecule has 3 rings (SSSR count). The molecule has 128 valence electrons. The van der Waals surface area contributed by atoms with Crippen LogP contribution in [-0.2, 0) is 11.2 Å². The Labute approximate surface area is 156 Å². The topological polar surface area (TPSA) is 40.1 Å². The monoisotopic (exact) mass is 430 g/mol. The molecule has 6 heteroatoms. The second-order valence-corrected chi connectivity index (χ2v) is 5.72. The molecule has 0 unspecified atom stereocenters. The van der Waals surface area contributed by atoms with E-state index >= 15 is 0 Å². The van der Waals surface area contributed by atoms with Crippen molar-refractivity contribution in [1.29, 1.82) is 0 Å². The van der Waals surface area contributed by atoms with Crippen molar-refractivity contribution in [3.63, 3.8) is 0 Å². The molecule has 23 heavy (non-hydrogen) atoms. The summed E-state index contributed by atoms with van der Waals surface area (Å²) in [6.07, 6.45) is 1.10. The molecular weight excluding hydrogens is 403 g/mol. The summed E-state index contributed by atoms with van der Waals surface area (Å²) in [4.78, 5) is 9.58. The molecule has 1 aromatic carbocycles. The second kappa shape index (κ2) is 9.44. The van der Waals surface area contributed by atoms with E-state index in [1.807, 2.05) is 0 Å². The molecule has 5 nitrogen and oxygen atoms in total. The molecule has 0 amide bonds. The van der Waals surface area contributed by atoms with Crippen molar-refractivity contribution in [2.45, 2.75) is 13.3 Å². The smallest absolute Gasteiger partial charge is 0.198 e. The van der Waals surface area contributed by atoms with Crippen LogP contribution >= 0.6 is 24.0 Å². The molecule has 0 saturated carbocycles. The maximum atomic E-state index is 5.39. The summed E-state index contributed by atoms with van der Waals surface area (Å²) >= 11 is 0. The average molecular weight is 430 g/mol. The van der Waals surface area contributed by atoms with Crippen molar-refractivity contribution in [3.8, 4) is 0 Å². The fourth-order valence-electron chi connectivity index (χ4n) is 3.08. The number of guanidine groups is 1. The molecule has 0 atom stereocenters. The largest absolute Gasteiger partial charge is 0.379 e. The third-order valence-electron chi connectivity index (χ3n) is 4.26. The van der Waals surface area contributed by atoms with E-state index in [2.05, 4.69) is 46.3 Å². The number of fused-ring (bicyclic) bond motifs is 1. The first kappa shape index (κ1) is 18.5. The number of morpholine rings is 1. The molecule has 1 aromatic rings. The highest BCUT2D eigenvalue weighted by Gasteiger charge is 2.22. The summed E-state index contributed by atoms with van der Waals surface area (Å²) in [5, 5.41) is 3.44. The van der Waals surface area contributed by atoms with E-state index in [0.29, 0.717) is 0 Å². The van der Waals surface area contributed by atoms with Gasteiger partial charge in [0.05, 0.1) is 19.8 Å². The van der Waals surface area contributed by atoms with Crippen LogP contribution in [0.1, 0.15) is 12.5 Å². The fraction of sp³-hybridized carbons (Fsp3) is 0.588. The minimum absolute atomic E-state index is 0. The lowest BCUT2D eigenvalue weighted by Gasteiger charge is -2.26. The first-order valence-corrected chi connectivity index (χ1v) is 8.32. The van der Waals surface area contributed by atoms with Gasteiger partial charge in [0.1, 0.15) is 0 Å². The summed E-state index contributed by atoms with van der Waals surface area (Å²) in [5.41, 5.74) is 2.72. The number of nitrogens with one attached hydrogen (secondary N) is 1. The van der Waals surface area contributed by atoms with Gasteiger partial charge in [-0.05, 0) is 25.0 Å². The lowest BCUT2D eigenvalue weighted by atomic mass is 10.2. The van der Waals surface area contributed by atoms with Gasteiger partial charge < -0.3 is 15.0 Å². The van der Waals surface area contributed by atoms with Crippen LogP contribution in [-0.4, -0.2) is 63.3 Å². The maximum Gasteiger partial charge on any atom is 0.198 e. The number of aliphatic imine (C=N–C) groups is 1. The van der Waals surface area contributed by atoms with Gasteiger partial charge in [0.25, 0.3) is 0 Å². The van der Waals surface area contributed by atoms with Gasteiger partial charge in [-0.1, -0.05) is 18.2 Å². The Balaban J connectivity index is 0.00000192. The first-order chi connectivity index (χ1) is 10.9. The van der Waals surface area contributed by atoms with Crippen molar-refractivity contribution in [3.05, 3.63) is 29.8 Å². The molecule has 1 N–H and O–H groups in total. The number of hydrogen-bond donors (Lipinski definition) is 1. The van der Waals surface area contributed by atoms with Crippen LogP contribution in [0.3, 0.4) is 0 Å². The maximum absolute atomic E-state index is 5.39. The molecule has 2 aliphatic rings. The molecule has 0 aromatic heterocycles. The van der Waals surface area contributed by atoms with E-state index in [-0.39, 0.29) is 24.0 Å². The summed E-state index contributed by atoms with van der Waals surface area (Å²) in [5.74, 6) is 1.01. The van der Waals surface area contributed by atoms with Gasteiger partial charge in [0.2, 0.25) is 0 Å². The molecule has 0 aliphatic carbocycles. The molecule has 2 aliphatic heterocycles. The highest BCUT2D eigenvalue weighted by molar-refractivity contribution is 14.0. The normalized spacial score (nSPS) is 18.5. The van der Waals surface area contributed by atoms with Gasteiger partial charge in [0.15, 0.2) is 5.96 Å². The summed E-state index contributed by atoms with van der Waals surface area (Å²) in [6, 6.07) is 8.63. The van der Waals surface area contributed by atoms with E-state index in [1.54, 1.807) is 0 Å². The number of ether oxygens (including phenoxy) is 1. The van der Waals surface area contributed by atoms with Crippen LogP contribution in [0.25, 0.3) is 0 Å². The Morgan fingerprint density at radius 2 is 2.00 bits per heavy atom. The molecule has 0 spiro atoms. The molecule has 2 heterocycles. The van der Waals surface area contributed by atoms with Crippen LogP contribution in [0, 0.1) is 0 Å². The third kappa shape index (κ3) is 4.81. The molecule has 1 saturated heterocycles. The summed E-state index contributed by atoms with van der Waals surface area (Å²) < 4.78 is 5.39. The molecule has 1 fully saturated rings. The van der Waals surface area contributed by atoms with E-state index < -0.39 is 0 Å². The number of nitrogens with zero attached hydrogens (tertiary/aromatic N) is 3. The van der Waals surface area contributed by atoms with Crippen LogP contribution in [0.5, 0.6) is 0 Å². The third-order valence-corrected chi connectivity index (χ3v) is 4.26. The number of benzene rings is 1. The predicted octanol–water partition coefficient (Wildman–Crippen LogP) is 1.96. The van der Waals surface area contributed by atoms with Crippen molar-refractivity contribution < 1.29 is 4.74 Å².